The van der Waals surface area contributed by atoms with Gasteiger partial charge in [0.25, 0.3) is 5.91 Å². The number of carbonyl (C=O) groups excluding carboxylic acids is 1. The summed E-state index contributed by atoms with van der Waals surface area (Å²) < 4.78 is 65.4. The molecular weight excluding hydrogens is 494 g/mol. The number of halogens is 4. The number of hydrogen-bond acceptors (Lipinski definition) is 6. The Balaban J connectivity index is 1.28. The first-order valence-corrected chi connectivity index (χ1v) is 11.9. The van der Waals surface area contributed by atoms with Crippen molar-refractivity contribution in [3.8, 4) is 5.82 Å². The average molecular weight is 519 g/mol. The second kappa shape index (κ2) is 9.49. The average Bonchev–Trinajstić information content (AvgIpc) is 3.46. The number of aryl methyl sites for hydroxylation is 1. The monoisotopic (exact) mass is 519 g/mol. The third kappa shape index (κ3) is 4.95. The van der Waals surface area contributed by atoms with E-state index in [0.717, 1.165) is 41.6 Å². The predicted molar refractivity (Wildman–Crippen MR) is 124 cm³/mol. The van der Waals surface area contributed by atoms with Gasteiger partial charge in [-0.2, -0.15) is 18.3 Å². The van der Waals surface area contributed by atoms with E-state index in [9.17, 15) is 22.4 Å². The van der Waals surface area contributed by atoms with Crippen molar-refractivity contribution in [2.24, 2.45) is 0 Å². The van der Waals surface area contributed by atoms with Gasteiger partial charge >= 0.3 is 6.18 Å². The normalized spacial score (nSPS) is 17.9. The molecule has 37 heavy (non-hydrogen) atoms. The van der Waals surface area contributed by atoms with Crippen LogP contribution in [0.4, 0.5) is 23.2 Å². The Bertz CT molecular complexity index is 1320. The van der Waals surface area contributed by atoms with E-state index in [1.54, 1.807) is 6.20 Å². The van der Waals surface area contributed by atoms with E-state index in [1.165, 1.54) is 13.1 Å². The third-order valence-electron chi connectivity index (χ3n) is 6.93. The highest BCUT2D eigenvalue weighted by Crippen LogP contribution is 2.42. The molecule has 1 spiro atoms. The Morgan fingerprint density at radius 1 is 1.08 bits per heavy atom. The highest BCUT2D eigenvalue weighted by atomic mass is 19.4. The van der Waals surface area contributed by atoms with Crippen LogP contribution in [0.15, 0.2) is 30.7 Å². The number of pyridine rings is 2. The molecule has 0 unspecified atom stereocenters. The number of amides is 1. The van der Waals surface area contributed by atoms with E-state index in [2.05, 4.69) is 20.4 Å². The molecule has 1 amide bonds. The van der Waals surface area contributed by atoms with Crippen molar-refractivity contribution in [1.29, 1.82) is 0 Å². The van der Waals surface area contributed by atoms with Gasteiger partial charge in [0.05, 0.1) is 48.1 Å². The lowest BCUT2D eigenvalue weighted by Crippen LogP contribution is -2.34. The van der Waals surface area contributed by atoms with Crippen LogP contribution in [-0.4, -0.2) is 44.7 Å². The number of nitrogens with one attached hydrogen (secondary N) is 1. The van der Waals surface area contributed by atoms with Gasteiger partial charge in [-0.3, -0.25) is 9.78 Å². The molecule has 196 valence electrons. The van der Waals surface area contributed by atoms with Crippen LogP contribution >= 0.6 is 0 Å². The molecule has 2 fully saturated rings. The number of ether oxygens (including phenoxy) is 2. The second-order valence-electron chi connectivity index (χ2n) is 9.34. The molecule has 0 aromatic carbocycles. The maximum Gasteiger partial charge on any atom is 0.417 e. The molecule has 8 nitrogen and oxygen atoms in total. The van der Waals surface area contributed by atoms with Crippen LogP contribution in [0.2, 0.25) is 0 Å². The highest BCUT2D eigenvalue weighted by Gasteiger charge is 2.41. The van der Waals surface area contributed by atoms with Crippen LogP contribution in [0.25, 0.3) is 5.82 Å². The first-order chi connectivity index (χ1) is 17.6. The molecule has 3 aromatic rings. The van der Waals surface area contributed by atoms with Gasteiger partial charge in [-0.15, -0.1) is 0 Å². The van der Waals surface area contributed by atoms with Crippen LogP contribution < -0.4 is 5.32 Å². The number of carbonyl (C=O) groups is 1. The lowest BCUT2D eigenvalue weighted by Gasteiger charge is -2.35. The Kier molecular flexibility index (Phi) is 6.48. The first kappa shape index (κ1) is 25.3. The van der Waals surface area contributed by atoms with Crippen molar-refractivity contribution in [2.75, 3.05) is 18.5 Å². The van der Waals surface area contributed by atoms with Crippen LogP contribution in [0, 0.1) is 19.7 Å². The maximum absolute atomic E-state index is 14.4. The molecule has 1 saturated heterocycles. The van der Waals surface area contributed by atoms with Gasteiger partial charge in [-0.1, -0.05) is 0 Å². The molecule has 3 aromatic heterocycles. The summed E-state index contributed by atoms with van der Waals surface area (Å²) in [5.41, 5.74) is 1.52. The number of rotatable bonds is 4. The summed E-state index contributed by atoms with van der Waals surface area (Å²) >= 11 is 0. The summed E-state index contributed by atoms with van der Waals surface area (Å²) in [7, 11) is 0. The van der Waals surface area contributed by atoms with E-state index < -0.39 is 35.1 Å². The van der Waals surface area contributed by atoms with Gasteiger partial charge < -0.3 is 14.8 Å². The van der Waals surface area contributed by atoms with Crippen molar-refractivity contribution < 1.29 is 31.8 Å². The molecule has 12 heteroatoms. The van der Waals surface area contributed by atoms with Crippen molar-refractivity contribution in [3.63, 3.8) is 0 Å². The van der Waals surface area contributed by atoms with Crippen molar-refractivity contribution in [2.45, 2.75) is 57.4 Å². The van der Waals surface area contributed by atoms with Crippen molar-refractivity contribution >= 4 is 11.6 Å². The standard InChI is InChI=1S/C25H25F4N5O3/c1-14-9-18(12-30-21(14)16-3-5-24(6-4-16)36-7-8-37-24)33-23(35)19-13-32-34(15(19)2)22-20(26)10-17(11-31-22)25(27,28)29/h9-13,16H,3-8H2,1-2H3,(H,33,35). The summed E-state index contributed by atoms with van der Waals surface area (Å²) in [5.74, 6) is -2.33. The summed E-state index contributed by atoms with van der Waals surface area (Å²) in [6, 6.07) is 2.18. The number of nitrogens with zero attached hydrogens (tertiary/aromatic N) is 4. The molecule has 0 radical (unpaired) electrons. The van der Waals surface area contributed by atoms with E-state index >= 15 is 0 Å². The Labute approximate surface area is 210 Å². The number of hydrogen-bond donors (Lipinski definition) is 1. The molecule has 0 atom stereocenters. The minimum Gasteiger partial charge on any atom is -0.348 e. The van der Waals surface area contributed by atoms with E-state index in [0.29, 0.717) is 31.2 Å². The molecule has 4 heterocycles. The molecular formula is C25H25F4N5O3. The molecule has 5 rings (SSSR count). The lowest BCUT2D eigenvalue weighted by atomic mass is 9.82. The minimum absolute atomic E-state index is 0.122. The fraction of sp³-hybridized carbons (Fsp3) is 0.440. The van der Waals surface area contributed by atoms with Gasteiger partial charge in [-0.05, 0) is 44.4 Å². The Morgan fingerprint density at radius 3 is 2.41 bits per heavy atom. The van der Waals surface area contributed by atoms with Gasteiger partial charge in [-0.25, -0.2) is 14.1 Å². The van der Waals surface area contributed by atoms with Gasteiger partial charge in [0.15, 0.2) is 17.4 Å². The van der Waals surface area contributed by atoms with Crippen LogP contribution in [0.1, 0.15) is 64.5 Å². The summed E-state index contributed by atoms with van der Waals surface area (Å²) in [6.45, 7) is 4.70. The zero-order valence-electron chi connectivity index (χ0n) is 20.2. The predicted octanol–water partition coefficient (Wildman–Crippen LogP) is 5.09. The topological polar surface area (TPSA) is 91.2 Å². The number of anilines is 1. The minimum atomic E-state index is -4.73. The smallest absolute Gasteiger partial charge is 0.348 e. The van der Waals surface area contributed by atoms with Crippen molar-refractivity contribution in [3.05, 3.63) is 64.6 Å². The van der Waals surface area contributed by atoms with Crippen LogP contribution in [-0.2, 0) is 15.7 Å². The quantitative estimate of drug-likeness (QED) is 0.483. The fourth-order valence-electron chi connectivity index (χ4n) is 4.98. The first-order valence-electron chi connectivity index (χ1n) is 11.9. The summed E-state index contributed by atoms with van der Waals surface area (Å²) in [4.78, 5) is 21.1. The summed E-state index contributed by atoms with van der Waals surface area (Å²) in [5, 5.41) is 6.72. The second-order valence-corrected chi connectivity index (χ2v) is 9.34. The van der Waals surface area contributed by atoms with Gasteiger partial charge in [0, 0.05) is 30.7 Å². The number of alkyl halides is 3. The Hall–Kier alpha value is -3.38. The summed E-state index contributed by atoms with van der Waals surface area (Å²) in [6.07, 6.45) is 2.02. The molecule has 1 aliphatic heterocycles. The van der Waals surface area contributed by atoms with E-state index in [-0.39, 0.29) is 17.2 Å². The molecule has 1 N–H and O–H groups in total. The highest BCUT2D eigenvalue weighted by molar-refractivity contribution is 6.04. The third-order valence-corrected chi connectivity index (χ3v) is 6.93. The molecule has 2 aliphatic rings. The van der Waals surface area contributed by atoms with Gasteiger partial charge in [0.1, 0.15) is 0 Å². The fourth-order valence-corrected chi connectivity index (χ4v) is 4.98. The van der Waals surface area contributed by atoms with E-state index in [4.69, 9.17) is 9.47 Å². The zero-order chi connectivity index (χ0) is 26.4. The van der Waals surface area contributed by atoms with E-state index in [1.807, 2.05) is 13.0 Å². The molecule has 0 bridgehead atoms. The van der Waals surface area contributed by atoms with Crippen LogP contribution in [0.5, 0.6) is 0 Å². The lowest BCUT2D eigenvalue weighted by molar-refractivity contribution is -0.179. The zero-order valence-corrected chi connectivity index (χ0v) is 20.2. The van der Waals surface area contributed by atoms with Crippen molar-refractivity contribution in [1.82, 2.24) is 19.7 Å². The SMILES string of the molecule is Cc1cc(NC(=O)c2cnn(-c3ncc(C(F)(F)F)cc3F)c2C)cnc1C1CCC2(CC1)OCCO2. The largest absolute Gasteiger partial charge is 0.417 e. The van der Waals surface area contributed by atoms with Crippen LogP contribution in [0.3, 0.4) is 0 Å². The van der Waals surface area contributed by atoms with Gasteiger partial charge in [0.2, 0.25) is 0 Å². The number of aromatic nitrogens is 4. The molecule has 1 aliphatic carbocycles. The Morgan fingerprint density at radius 2 is 1.78 bits per heavy atom. The maximum atomic E-state index is 14.4. The molecule has 1 saturated carbocycles.